The molecule has 4 rings (SSSR count). The second-order valence-corrected chi connectivity index (χ2v) is 8.45. The van der Waals surface area contributed by atoms with E-state index in [0.29, 0.717) is 36.1 Å². The van der Waals surface area contributed by atoms with E-state index in [2.05, 4.69) is 4.90 Å². The Bertz CT molecular complexity index is 986. The lowest BCUT2D eigenvalue weighted by Crippen LogP contribution is -2.51. The molecule has 0 spiro atoms. The van der Waals surface area contributed by atoms with Crippen LogP contribution in [0.2, 0.25) is 5.02 Å². The third kappa shape index (κ3) is 4.52. The molecule has 2 aromatic carbocycles. The van der Waals surface area contributed by atoms with Crippen LogP contribution in [0.15, 0.2) is 59.5 Å². The third-order valence-electron chi connectivity index (χ3n) is 5.09. The fraction of sp³-hybridized carbons (Fsp3) is 0.227. The van der Waals surface area contributed by atoms with Crippen LogP contribution in [0.25, 0.3) is 6.08 Å². The maximum Gasteiger partial charge on any atom is 0.294 e. The molecule has 0 atom stereocenters. The van der Waals surface area contributed by atoms with Gasteiger partial charge in [0.25, 0.3) is 11.1 Å². The maximum absolute atomic E-state index is 12.7. The molecule has 2 aliphatic heterocycles. The van der Waals surface area contributed by atoms with E-state index in [1.54, 1.807) is 35.2 Å². The van der Waals surface area contributed by atoms with Crippen LogP contribution < -0.4 is 4.90 Å². The highest BCUT2D eigenvalue weighted by Crippen LogP contribution is 2.32. The van der Waals surface area contributed by atoms with Crippen molar-refractivity contribution in [3.05, 3.63) is 70.1 Å². The van der Waals surface area contributed by atoms with Crippen molar-refractivity contribution in [2.45, 2.75) is 0 Å². The van der Waals surface area contributed by atoms with Crippen molar-refractivity contribution in [1.82, 2.24) is 9.80 Å². The average molecular weight is 442 g/mol. The molecule has 0 N–H and O–H groups in total. The minimum Gasteiger partial charge on any atom is -0.368 e. The Morgan fingerprint density at radius 1 is 0.967 bits per heavy atom. The third-order valence-corrected chi connectivity index (χ3v) is 6.25. The van der Waals surface area contributed by atoms with E-state index in [1.165, 1.54) is 0 Å². The average Bonchev–Trinajstić information content (AvgIpc) is 3.03. The number of hydrogen-bond donors (Lipinski definition) is 0. The quantitative estimate of drug-likeness (QED) is 0.676. The summed E-state index contributed by atoms with van der Waals surface area (Å²) < 4.78 is 0. The summed E-state index contributed by atoms with van der Waals surface area (Å²) in [4.78, 5) is 43.0. The fourth-order valence-electron chi connectivity index (χ4n) is 3.43. The molecular formula is C22H20ClN3O3S. The minimum atomic E-state index is -0.434. The number of thioether (sulfide) groups is 1. The Labute approximate surface area is 184 Å². The van der Waals surface area contributed by atoms with Gasteiger partial charge in [-0.2, -0.15) is 0 Å². The van der Waals surface area contributed by atoms with Crippen molar-refractivity contribution in [1.29, 1.82) is 0 Å². The van der Waals surface area contributed by atoms with Gasteiger partial charge in [0.2, 0.25) is 5.91 Å². The van der Waals surface area contributed by atoms with E-state index < -0.39 is 11.1 Å². The lowest BCUT2D eigenvalue weighted by molar-refractivity contribution is -0.136. The number of anilines is 1. The Hall–Kier alpha value is -2.77. The first-order valence-electron chi connectivity index (χ1n) is 9.60. The van der Waals surface area contributed by atoms with E-state index in [1.807, 2.05) is 30.3 Å². The van der Waals surface area contributed by atoms with Crippen molar-refractivity contribution in [2.24, 2.45) is 0 Å². The molecule has 6 nitrogen and oxygen atoms in total. The second kappa shape index (κ2) is 8.93. The van der Waals surface area contributed by atoms with E-state index in [4.69, 9.17) is 11.6 Å². The molecule has 0 radical (unpaired) electrons. The molecule has 2 aromatic rings. The molecule has 154 valence electrons. The Morgan fingerprint density at radius 2 is 1.63 bits per heavy atom. The van der Waals surface area contributed by atoms with Gasteiger partial charge in [0.15, 0.2) is 0 Å². The molecule has 0 aromatic heterocycles. The molecule has 8 heteroatoms. The summed E-state index contributed by atoms with van der Waals surface area (Å²) in [5.74, 6) is -0.644. The topological polar surface area (TPSA) is 60.9 Å². The predicted octanol–water partition coefficient (Wildman–Crippen LogP) is 3.73. The van der Waals surface area contributed by atoms with Gasteiger partial charge in [-0.1, -0.05) is 41.9 Å². The Morgan fingerprint density at radius 3 is 2.30 bits per heavy atom. The van der Waals surface area contributed by atoms with Crippen LogP contribution in [0, 0.1) is 0 Å². The first kappa shape index (κ1) is 20.5. The van der Waals surface area contributed by atoms with Gasteiger partial charge in [0.1, 0.15) is 6.54 Å². The number of amides is 3. The lowest BCUT2D eigenvalue weighted by Gasteiger charge is -2.36. The standard InChI is InChI=1S/C22H20ClN3O3S/c23-17-8-6-16(7-9-17)14-19-21(28)26(22(29)30-19)15-20(27)25-12-10-24(11-13-25)18-4-2-1-3-5-18/h1-9,14H,10-13,15H2. The number of nitrogens with zero attached hydrogens (tertiary/aromatic N) is 3. The van der Waals surface area contributed by atoms with Crippen LogP contribution in [0.1, 0.15) is 5.56 Å². The van der Waals surface area contributed by atoms with Gasteiger partial charge < -0.3 is 9.80 Å². The molecule has 3 amide bonds. The molecule has 0 bridgehead atoms. The van der Waals surface area contributed by atoms with E-state index >= 15 is 0 Å². The van der Waals surface area contributed by atoms with Crippen LogP contribution in [0.5, 0.6) is 0 Å². The number of rotatable bonds is 4. The first-order chi connectivity index (χ1) is 14.5. The molecule has 2 heterocycles. The van der Waals surface area contributed by atoms with E-state index in [0.717, 1.165) is 27.9 Å². The van der Waals surface area contributed by atoms with Crippen molar-refractivity contribution in [2.75, 3.05) is 37.6 Å². The molecule has 2 fully saturated rings. The van der Waals surface area contributed by atoms with Gasteiger partial charge in [-0.3, -0.25) is 19.3 Å². The van der Waals surface area contributed by atoms with Crippen molar-refractivity contribution in [3.8, 4) is 0 Å². The largest absolute Gasteiger partial charge is 0.368 e. The molecule has 0 saturated carbocycles. The number of benzene rings is 2. The SMILES string of the molecule is O=C(CN1C(=O)SC(=Cc2ccc(Cl)cc2)C1=O)N1CCN(c2ccccc2)CC1. The monoisotopic (exact) mass is 441 g/mol. The first-order valence-corrected chi connectivity index (χ1v) is 10.8. The number of halogens is 1. The number of imide groups is 1. The second-order valence-electron chi connectivity index (χ2n) is 7.02. The maximum atomic E-state index is 12.7. The zero-order chi connectivity index (χ0) is 21.1. The molecule has 2 saturated heterocycles. The highest BCUT2D eigenvalue weighted by molar-refractivity contribution is 8.18. The van der Waals surface area contributed by atoms with E-state index in [-0.39, 0.29) is 12.5 Å². The smallest absolute Gasteiger partial charge is 0.294 e. The number of piperazine rings is 1. The zero-order valence-corrected chi connectivity index (χ0v) is 17.7. The number of carbonyl (C=O) groups excluding carboxylic acids is 3. The molecule has 0 aliphatic carbocycles. The van der Waals surface area contributed by atoms with Gasteiger partial charge in [-0.25, -0.2) is 0 Å². The van der Waals surface area contributed by atoms with Crippen molar-refractivity contribution >= 4 is 52.2 Å². The summed E-state index contributed by atoms with van der Waals surface area (Å²) in [7, 11) is 0. The predicted molar refractivity (Wildman–Crippen MR) is 119 cm³/mol. The van der Waals surface area contributed by atoms with Crippen LogP contribution >= 0.6 is 23.4 Å². The summed E-state index contributed by atoms with van der Waals surface area (Å²) in [6.07, 6.45) is 1.64. The summed E-state index contributed by atoms with van der Waals surface area (Å²) in [6.45, 7) is 2.32. The number of para-hydroxylation sites is 1. The van der Waals surface area contributed by atoms with Crippen LogP contribution in [0.4, 0.5) is 10.5 Å². The summed E-state index contributed by atoms with van der Waals surface area (Å²) >= 11 is 6.73. The van der Waals surface area contributed by atoms with Crippen molar-refractivity contribution in [3.63, 3.8) is 0 Å². The highest BCUT2D eigenvalue weighted by atomic mass is 35.5. The van der Waals surface area contributed by atoms with Crippen molar-refractivity contribution < 1.29 is 14.4 Å². The Balaban J connectivity index is 1.36. The summed E-state index contributed by atoms with van der Waals surface area (Å²) in [5, 5.41) is 0.176. The number of carbonyl (C=O) groups is 3. The van der Waals surface area contributed by atoms with Gasteiger partial charge in [0, 0.05) is 36.9 Å². The van der Waals surface area contributed by atoms with Gasteiger partial charge in [-0.05, 0) is 47.7 Å². The molecule has 0 unspecified atom stereocenters. The Kier molecular flexibility index (Phi) is 6.11. The fourth-order valence-corrected chi connectivity index (χ4v) is 4.40. The van der Waals surface area contributed by atoms with Gasteiger partial charge in [0.05, 0.1) is 4.91 Å². The van der Waals surface area contributed by atoms with Gasteiger partial charge in [-0.15, -0.1) is 0 Å². The minimum absolute atomic E-state index is 0.210. The molecule has 30 heavy (non-hydrogen) atoms. The van der Waals surface area contributed by atoms with E-state index in [9.17, 15) is 14.4 Å². The van der Waals surface area contributed by atoms with Crippen LogP contribution in [-0.4, -0.2) is 59.6 Å². The van der Waals surface area contributed by atoms with Crippen LogP contribution in [0.3, 0.4) is 0 Å². The van der Waals surface area contributed by atoms with Crippen LogP contribution in [-0.2, 0) is 9.59 Å². The number of hydrogen-bond acceptors (Lipinski definition) is 5. The molecule has 2 aliphatic rings. The highest BCUT2D eigenvalue weighted by Gasteiger charge is 2.37. The summed E-state index contributed by atoms with van der Waals surface area (Å²) in [6, 6.07) is 17.0. The zero-order valence-electron chi connectivity index (χ0n) is 16.2. The summed E-state index contributed by atoms with van der Waals surface area (Å²) in [5.41, 5.74) is 1.90. The molecular weight excluding hydrogens is 422 g/mol. The lowest BCUT2D eigenvalue weighted by atomic mass is 10.2. The normalized spacial score (nSPS) is 18.4. The van der Waals surface area contributed by atoms with Gasteiger partial charge >= 0.3 is 0 Å².